The van der Waals surface area contributed by atoms with E-state index >= 15 is 0 Å². The monoisotopic (exact) mass is 341 g/mol. The Kier molecular flexibility index (Phi) is 5.04. The molecule has 0 bridgehead atoms. The highest BCUT2D eigenvalue weighted by molar-refractivity contribution is 9.10. The van der Waals surface area contributed by atoms with Gasteiger partial charge in [0.05, 0.1) is 10.9 Å². The predicted molar refractivity (Wildman–Crippen MR) is 66.2 cm³/mol. The molecule has 0 amide bonds. The third-order valence-electron chi connectivity index (χ3n) is 2.05. The van der Waals surface area contributed by atoms with Crippen LogP contribution in [0, 0.1) is 0 Å². The summed E-state index contributed by atoms with van der Waals surface area (Å²) < 4.78 is 40.1. The Labute approximate surface area is 115 Å². The molecule has 19 heavy (non-hydrogen) atoms. The van der Waals surface area contributed by atoms with E-state index in [1.807, 2.05) is 0 Å². The number of hydrogen-bond acceptors (Lipinski definition) is 3. The average Bonchev–Trinajstić information content (AvgIpc) is 2.19. The molecular weight excluding hydrogens is 331 g/mol. The second-order valence-electron chi connectivity index (χ2n) is 3.84. The van der Waals surface area contributed by atoms with Crippen LogP contribution in [-0.2, 0) is 4.79 Å². The molecule has 0 saturated heterocycles. The number of carboxylic acid groups (broad SMARTS) is 1. The molecule has 0 aliphatic carbocycles. The summed E-state index contributed by atoms with van der Waals surface area (Å²) in [5.74, 6) is -1.32. The quantitative estimate of drug-likeness (QED) is 0.858. The highest BCUT2D eigenvalue weighted by Gasteiger charge is 2.31. The molecule has 0 aliphatic rings. The fraction of sp³-hybridized carbons (Fsp3) is 0.364. The lowest BCUT2D eigenvalue weighted by Gasteiger charge is -2.15. The molecule has 0 aromatic heterocycles. The number of carboxylic acids is 1. The Morgan fingerprint density at radius 1 is 1.53 bits per heavy atom. The lowest BCUT2D eigenvalue weighted by Crippen LogP contribution is -2.19. The first kappa shape index (κ1) is 15.6. The van der Waals surface area contributed by atoms with Crippen molar-refractivity contribution in [3.63, 3.8) is 0 Å². The smallest absolute Gasteiger partial charge is 0.481 e. The van der Waals surface area contributed by atoms with E-state index in [0.29, 0.717) is 5.69 Å². The molecule has 1 rings (SSSR count). The van der Waals surface area contributed by atoms with Crippen LogP contribution in [-0.4, -0.2) is 23.5 Å². The number of ether oxygens (including phenoxy) is 1. The van der Waals surface area contributed by atoms with E-state index in [4.69, 9.17) is 5.11 Å². The van der Waals surface area contributed by atoms with Crippen LogP contribution in [0.1, 0.15) is 13.3 Å². The maximum Gasteiger partial charge on any atom is 0.573 e. The number of halogens is 4. The van der Waals surface area contributed by atoms with Crippen molar-refractivity contribution in [2.75, 3.05) is 5.32 Å². The van der Waals surface area contributed by atoms with Crippen molar-refractivity contribution >= 4 is 27.6 Å². The SMILES string of the molecule is CC(CC(=O)O)Nc1ccc(OC(F)(F)F)c(Br)c1. The first-order valence-corrected chi connectivity index (χ1v) is 6.00. The van der Waals surface area contributed by atoms with Gasteiger partial charge in [0, 0.05) is 11.7 Å². The fourth-order valence-corrected chi connectivity index (χ4v) is 1.86. The van der Waals surface area contributed by atoms with Gasteiger partial charge in [-0.1, -0.05) is 0 Å². The minimum absolute atomic E-state index is 0.0988. The number of alkyl halides is 3. The molecule has 0 aliphatic heterocycles. The minimum atomic E-state index is -4.76. The van der Waals surface area contributed by atoms with Gasteiger partial charge in [0.2, 0.25) is 0 Å². The standard InChI is InChI=1S/C11H11BrF3NO3/c1-6(4-10(17)18)16-7-2-3-9(8(12)5-7)19-11(13,14)15/h2-3,5-6,16H,4H2,1H3,(H,17,18). The molecule has 0 fully saturated rings. The number of rotatable bonds is 5. The number of benzene rings is 1. The Morgan fingerprint density at radius 3 is 2.63 bits per heavy atom. The fourth-order valence-electron chi connectivity index (χ4n) is 1.40. The van der Waals surface area contributed by atoms with E-state index in [2.05, 4.69) is 26.0 Å². The molecule has 2 N–H and O–H groups in total. The Hall–Kier alpha value is -1.44. The summed E-state index contributed by atoms with van der Waals surface area (Å²) in [4.78, 5) is 10.5. The van der Waals surface area contributed by atoms with Crippen LogP contribution in [0.4, 0.5) is 18.9 Å². The number of hydrogen-bond donors (Lipinski definition) is 2. The highest BCUT2D eigenvalue weighted by Crippen LogP contribution is 2.32. The van der Waals surface area contributed by atoms with Crippen LogP contribution in [0.25, 0.3) is 0 Å². The number of anilines is 1. The van der Waals surface area contributed by atoms with Gasteiger partial charge in [-0.3, -0.25) is 4.79 Å². The van der Waals surface area contributed by atoms with E-state index in [0.717, 1.165) is 6.07 Å². The Bertz CT molecular complexity index is 465. The van der Waals surface area contributed by atoms with Crippen molar-refractivity contribution in [2.24, 2.45) is 0 Å². The van der Waals surface area contributed by atoms with Gasteiger partial charge in [-0.15, -0.1) is 13.2 Å². The van der Waals surface area contributed by atoms with Gasteiger partial charge in [0.1, 0.15) is 5.75 Å². The van der Waals surface area contributed by atoms with Crippen molar-refractivity contribution in [3.8, 4) is 5.75 Å². The summed E-state index contributed by atoms with van der Waals surface area (Å²) in [5, 5.41) is 11.5. The summed E-state index contributed by atoms with van der Waals surface area (Å²) in [6, 6.07) is 3.57. The van der Waals surface area contributed by atoms with Gasteiger partial charge in [-0.2, -0.15) is 0 Å². The Morgan fingerprint density at radius 2 is 2.16 bits per heavy atom. The average molecular weight is 342 g/mol. The van der Waals surface area contributed by atoms with Crippen molar-refractivity contribution in [2.45, 2.75) is 25.7 Å². The van der Waals surface area contributed by atoms with Gasteiger partial charge in [-0.25, -0.2) is 0 Å². The summed E-state index contributed by atoms with van der Waals surface area (Å²) in [7, 11) is 0. The van der Waals surface area contributed by atoms with Crippen molar-refractivity contribution < 1.29 is 27.8 Å². The molecule has 0 heterocycles. The van der Waals surface area contributed by atoms with Crippen molar-refractivity contribution in [1.29, 1.82) is 0 Å². The van der Waals surface area contributed by atoms with E-state index in [9.17, 15) is 18.0 Å². The molecular formula is C11H11BrF3NO3. The van der Waals surface area contributed by atoms with Crippen LogP contribution in [0.2, 0.25) is 0 Å². The van der Waals surface area contributed by atoms with Crippen LogP contribution in [0.3, 0.4) is 0 Å². The molecule has 0 spiro atoms. The van der Waals surface area contributed by atoms with Crippen molar-refractivity contribution in [1.82, 2.24) is 0 Å². The normalized spacial score (nSPS) is 12.9. The molecule has 1 unspecified atom stereocenters. The molecule has 0 radical (unpaired) electrons. The first-order chi connectivity index (χ1) is 8.67. The number of aliphatic carboxylic acids is 1. The Balaban J connectivity index is 2.74. The third-order valence-corrected chi connectivity index (χ3v) is 2.67. The van der Waals surface area contributed by atoms with Gasteiger partial charge in [-0.05, 0) is 41.1 Å². The van der Waals surface area contributed by atoms with Gasteiger partial charge in [0.25, 0.3) is 0 Å². The lowest BCUT2D eigenvalue weighted by molar-refractivity contribution is -0.274. The predicted octanol–water partition coefficient (Wildman–Crippen LogP) is 3.62. The third kappa shape index (κ3) is 5.82. The molecule has 1 atom stereocenters. The number of nitrogens with one attached hydrogen (secondary N) is 1. The van der Waals surface area contributed by atoms with E-state index in [1.165, 1.54) is 12.1 Å². The van der Waals surface area contributed by atoms with Gasteiger partial charge >= 0.3 is 12.3 Å². The van der Waals surface area contributed by atoms with Crippen LogP contribution >= 0.6 is 15.9 Å². The first-order valence-electron chi connectivity index (χ1n) is 5.21. The van der Waals surface area contributed by atoms with E-state index < -0.39 is 12.3 Å². The summed E-state index contributed by atoms with van der Waals surface area (Å²) in [6.45, 7) is 1.65. The van der Waals surface area contributed by atoms with Crippen molar-refractivity contribution in [3.05, 3.63) is 22.7 Å². The minimum Gasteiger partial charge on any atom is -0.481 e. The topological polar surface area (TPSA) is 58.6 Å². The lowest BCUT2D eigenvalue weighted by atomic mass is 10.2. The van der Waals surface area contributed by atoms with Crippen LogP contribution in [0.5, 0.6) is 5.75 Å². The second kappa shape index (κ2) is 6.14. The molecule has 106 valence electrons. The van der Waals surface area contributed by atoms with E-state index in [1.54, 1.807) is 6.92 Å². The second-order valence-corrected chi connectivity index (χ2v) is 4.69. The maximum absolute atomic E-state index is 12.1. The largest absolute Gasteiger partial charge is 0.573 e. The summed E-state index contributed by atoms with van der Waals surface area (Å²) >= 11 is 2.96. The molecule has 4 nitrogen and oxygen atoms in total. The van der Waals surface area contributed by atoms with Gasteiger partial charge < -0.3 is 15.2 Å². The number of carbonyl (C=O) groups is 1. The highest BCUT2D eigenvalue weighted by atomic mass is 79.9. The molecule has 8 heteroatoms. The molecule has 1 aromatic carbocycles. The summed E-state index contributed by atoms with van der Waals surface area (Å²) in [6.07, 6.45) is -4.85. The maximum atomic E-state index is 12.1. The van der Waals surface area contributed by atoms with Crippen LogP contribution in [0.15, 0.2) is 22.7 Å². The summed E-state index contributed by atoms with van der Waals surface area (Å²) in [5.41, 5.74) is 0.496. The molecule has 0 saturated carbocycles. The van der Waals surface area contributed by atoms with E-state index in [-0.39, 0.29) is 22.7 Å². The van der Waals surface area contributed by atoms with Crippen LogP contribution < -0.4 is 10.1 Å². The zero-order valence-electron chi connectivity index (χ0n) is 9.79. The zero-order valence-corrected chi connectivity index (χ0v) is 11.4. The zero-order chi connectivity index (χ0) is 14.6. The van der Waals surface area contributed by atoms with Gasteiger partial charge in [0.15, 0.2) is 0 Å². The molecule has 1 aromatic rings.